The zero-order chi connectivity index (χ0) is 18.1. The van der Waals surface area contributed by atoms with E-state index in [1.807, 2.05) is 54.6 Å². The molecule has 0 saturated carbocycles. The Bertz CT molecular complexity index is 1010. The van der Waals surface area contributed by atoms with Gasteiger partial charge in [-0.1, -0.05) is 30.3 Å². The molecule has 2 aromatic carbocycles. The molecule has 0 saturated heterocycles. The minimum Gasteiger partial charge on any atom is -0.497 e. The van der Waals surface area contributed by atoms with E-state index < -0.39 is 0 Å². The van der Waals surface area contributed by atoms with E-state index in [1.165, 1.54) is 0 Å². The summed E-state index contributed by atoms with van der Waals surface area (Å²) < 4.78 is 10.8. The van der Waals surface area contributed by atoms with Crippen LogP contribution in [-0.2, 0) is 0 Å². The van der Waals surface area contributed by atoms with E-state index in [9.17, 15) is 5.26 Å². The molecule has 1 aliphatic rings. The highest BCUT2D eigenvalue weighted by Gasteiger charge is 2.35. The summed E-state index contributed by atoms with van der Waals surface area (Å²) >= 11 is 0. The first kappa shape index (κ1) is 15.8. The van der Waals surface area contributed by atoms with E-state index in [1.54, 1.807) is 7.11 Å². The van der Waals surface area contributed by atoms with Gasteiger partial charge in [-0.15, -0.1) is 5.10 Å². The Morgan fingerprint density at radius 2 is 1.88 bits per heavy atom. The topological polar surface area (TPSA) is 97.0 Å². The third-order valence-electron chi connectivity index (χ3n) is 4.45. The number of rotatable bonds is 3. The average molecular weight is 344 g/mol. The minimum atomic E-state index is -0.346. The molecule has 128 valence electrons. The lowest BCUT2D eigenvalue weighted by molar-refractivity contribution is 0.379. The van der Waals surface area contributed by atoms with Crippen molar-refractivity contribution in [3.8, 4) is 29.0 Å². The van der Waals surface area contributed by atoms with E-state index in [0.29, 0.717) is 11.5 Å². The third kappa shape index (κ3) is 2.47. The molecule has 2 heterocycles. The van der Waals surface area contributed by atoms with Gasteiger partial charge in [0.05, 0.1) is 24.3 Å². The maximum atomic E-state index is 9.67. The first-order valence-corrected chi connectivity index (χ1v) is 8.08. The van der Waals surface area contributed by atoms with Crippen molar-refractivity contribution in [1.29, 1.82) is 5.26 Å². The quantitative estimate of drug-likeness (QED) is 0.760. The van der Waals surface area contributed by atoms with Crippen LogP contribution in [-0.4, -0.2) is 17.3 Å². The Labute approximate surface area is 150 Å². The second-order valence-corrected chi connectivity index (χ2v) is 5.88. The first-order valence-electron chi connectivity index (χ1n) is 8.08. The molecule has 1 atom stereocenters. The fourth-order valence-corrected chi connectivity index (χ4v) is 3.20. The predicted octanol–water partition coefficient (Wildman–Crippen LogP) is 3.30. The average Bonchev–Trinajstić information content (AvgIpc) is 3.11. The van der Waals surface area contributed by atoms with E-state index in [-0.39, 0.29) is 11.8 Å². The zero-order valence-corrected chi connectivity index (χ0v) is 14.1. The highest BCUT2D eigenvalue weighted by Crippen LogP contribution is 2.45. The number of nitrogens with zero attached hydrogens (tertiary/aromatic N) is 2. The Balaban J connectivity index is 1.90. The largest absolute Gasteiger partial charge is 0.497 e. The molecule has 0 fully saturated rings. The number of nitrogens with two attached hydrogens (primary N) is 1. The van der Waals surface area contributed by atoms with Crippen molar-refractivity contribution in [2.45, 2.75) is 5.92 Å². The summed E-state index contributed by atoms with van der Waals surface area (Å²) in [6, 6.07) is 19.5. The van der Waals surface area contributed by atoms with Gasteiger partial charge in [-0.2, -0.15) is 5.26 Å². The van der Waals surface area contributed by atoms with Gasteiger partial charge >= 0.3 is 0 Å². The van der Waals surface area contributed by atoms with Crippen LogP contribution in [0.4, 0.5) is 0 Å². The van der Waals surface area contributed by atoms with Crippen molar-refractivity contribution < 1.29 is 9.47 Å². The molecule has 3 N–H and O–H groups in total. The second kappa shape index (κ2) is 6.30. The van der Waals surface area contributed by atoms with Gasteiger partial charge < -0.3 is 15.2 Å². The molecular formula is C20H16N4O2. The lowest BCUT2D eigenvalue weighted by atomic mass is 9.83. The van der Waals surface area contributed by atoms with Crippen LogP contribution in [0, 0.1) is 11.3 Å². The van der Waals surface area contributed by atoms with Gasteiger partial charge in [0.25, 0.3) is 0 Å². The maximum Gasteiger partial charge on any atom is 0.244 e. The molecule has 26 heavy (non-hydrogen) atoms. The molecule has 6 heteroatoms. The number of aromatic nitrogens is 2. The summed E-state index contributed by atoms with van der Waals surface area (Å²) in [6.45, 7) is 0. The number of nitriles is 1. The fourth-order valence-electron chi connectivity index (χ4n) is 3.20. The summed E-state index contributed by atoms with van der Waals surface area (Å²) in [7, 11) is 1.62. The number of benzene rings is 2. The number of nitrogens with one attached hydrogen (secondary N) is 1. The van der Waals surface area contributed by atoms with Gasteiger partial charge in [0.2, 0.25) is 11.8 Å². The van der Waals surface area contributed by atoms with E-state index in [2.05, 4.69) is 16.3 Å². The van der Waals surface area contributed by atoms with E-state index in [0.717, 1.165) is 28.1 Å². The van der Waals surface area contributed by atoms with Gasteiger partial charge in [0, 0.05) is 5.56 Å². The molecule has 0 aliphatic carbocycles. The summed E-state index contributed by atoms with van der Waals surface area (Å²) in [4.78, 5) is 0. The predicted molar refractivity (Wildman–Crippen MR) is 96.3 cm³/mol. The third-order valence-corrected chi connectivity index (χ3v) is 4.45. The standard InChI is InChI=1S/C20H16N4O2/c1-25-14-9-7-13(8-10-14)18-17-16(12-5-3-2-4-6-12)15(11-21)19(22)26-20(17)24-23-18/h2-10,16H,22H2,1H3,(H,23,24). The van der Waals surface area contributed by atoms with Gasteiger partial charge in [-0.3, -0.25) is 5.10 Å². The highest BCUT2D eigenvalue weighted by atomic mass is 16.5. The molecule has 1 aliphatic heterocycles. The Morgan fingerprint density at radius 3 is 2.54 bits per heavy atom. The Kier molecular flexibility index (Phi) is 3.82. The van der Waals surface area contributed by atoms with Gasteiger partial charge in [0.15, 0.2) is 0 Å². The maximum absolute atomic E-state index is 9.67. The number of ether oxygens (including phenoxy) is 2. The number of hydrogen-bond donors (Lipinski definition) is 2. The molecule has 0 radical (unpaired) electrons. The van der Waals surface area contributed by atoms with E-state index >= 15 is 0 Å². The van der Waals surface area contributed by atoms with Crippen molar-refractivity contribution in [2.75, 3.05) is 7.11 Å². The number of aromatic amines is 1. The van der Waals surface area contributed by atoms with Crippen LogP contribution >= 0.6 is 0 Å². The molecule has 0 bridgehead atoms. The Morgan fingerprint density at radius 1 is 1.15 bits per heavy atom. The summed E-state index contributed by atoms with van der Waals surface area (Å²) in [6.07, 6.45) is 0. The first-order chi connectivity index (χ1) is 12.7. The number of fused-ring (bicyclic) bond motifs is 1. The lowest BCUT2D eigenvalue weighted by Gasteiger charge is -2.24. The molecule has 4 rings (SSSR count). The summed E-state index contributed by atoms with van der Waals surface area (Å²) in [5, 5.41) is 17.0. The van der Waals surface area contributed by atoms with E-state index in [4.69, 9.17) is 15.2 Å². The van der Waals surface area contributed by atoms with Crippen LogP contribution in [0.15, 0.2) is 66.1 Å². The number of H-pyrrole nitrogens is 1. The smallest absolute Gasteiger partial charge is 0.244 e. The van der Waals surface area contributed by atoms with Crippen molar-refractivity contribution in [1.82, 2.24) is 10.2 Å². The fraction of sp³-hybridized carbons (Fsp3) is 0.100. The molecule has 6 nitrogen and oxygen atoms in total. The van der Waals surface area contributed by atoms with Crippen molar-refractivity contribution in [3.63, 3.8) is 0 Å². The molecular weight excluding hydrogens is 328 g/mol. The highest BCUT2D eigenvalue weighted by molar-refractivity contribution is 5.71. The number of hydrogen-bond acceptors (Lipinski definition) is 5. The van der Waals surface area contributed by atoms with Gasteiger partial charge in [0.1, 0.15) is 17.4 Å². The van der Waals surface area contributed by atoms with Crippen LogP contribution < -0.4 is 15.2 Å². The number of allylic oxidation sites excluding steroid dienone is 1. The molecule has 1 aromatic heterocycles. The zero-order valence-electron chi connectivity index (χ0n) is 14.1. The summed E-state index contributed by atoms with van der Waals surface area (Å²) in [5.41, 5.74) is 9.81. The molecule has 1 unspecified atom stereocenters. The van der Waals surface area contributed by atoms with Crippen LogP contribution in [0.5, 0.6) is 11.6 Å². The molecule has 3 aromatic rings. The van der Waals surface area contributed by atoms with Crippen molar-refractivity contribution in [2.24, 2.45) is 5.73 Å². The Hall–Kier alpha value is -3.72. The van der Waals surface area contributed by atoms with Crippen molar-refractivity contribution in [3.05, 3.63) is 77.2 Å². The van der Waals surface area contributed by atoms with Crippen molar-refractivity contribution >= 4 is 0 Å². The van der Waals surface area contributed by atoms with Crippen LogP contribution in [0.2, 0.25) is 0 Å². The monoisotopic (exact) mass is 344 g/mol. The van der Waals surface area contributed by atoms with Gasteiger partial charge in [-0.05, 0) is 29.8 Å². The van der Waals surface area contributed by atoms with Crippen LogP contribution in [0.25, 0.3) is 11.3 Å². The van der Waals surface area contributed by atoms with Gasteiger partial charge in [-0.25, -0.2) is 0 Å². The second-order valence-electron chi connectivity index (χ2n) is 5.88. The normalized spacial score (nSPS) is 15.8. The minimum absolute atomic E-state index is 0.0848. The SMILES string of the molecule is COc1ccc(-c2[nH]nc3c2C(c2ccccc2)C(C#N)=C(N)O3)cc1. The lowest BCUT2D eigenvalue weighted by Crippen LogP contribution is -2.20. The van der Waals surface area contributed by atoms with Crippen LogP contribution in [0.1, 0.15) is 17.0 Å². The summed E-state index contributed by atoms with van der Waals surface area (Å²) in [5.74, 6) is 0.892. The molecule has 0 amide bonds. The number of methoxy groups -OCH3 is 1. The molecule has 0 spiro atoms. The van der Waals surface area contributed by atoms with Crippen LogP contribution in [0.3, 0.4) is 0 Å².